The molecule has 0 aromatic carbocycles. The van der Waals surface area contributed by atoms with E-state index < -0.39 is 20.0 Å². The van der Waals surface area contributed by atoms with E-state index in [1.807, 2.05) is 0 Å². The van der Waals surface area contributed by atoms with Crippen LogP contribution in [0.5, 0.6) is 0 Å². The molecule has 0 amide bonds. The first kappa shape index (κ1) is 40.1. The molecule has 0 radical (unpaired) electrons. The smallest absolute Gasteiger partial charge is 0.777 e. The van der Waals surface area contributed by atoms with Crippen molar-refractivity contribution in [3.05, 3.63) is 24.8 Å². The van der Waals surface area contributed by atoms with Gasteiger partial charge in [-0.3, -0.25) is 0 Å². The maximum Gasteiger partial charge on any atom is 1.00 e. The zero-order valence-corrected chi connectivity index (χ0v) is 29.4. The number of nitrogens with zero attached hydrogens (tertiary/aromatic N) is 4. The fourth-order valence-electron chi connectivity index (χ4n) is 4.57. The number of ether oxygens (including phenoxy) is 2. The quantitative estimate of drug-likeness (QED) is 0.0649. The summed E-state index contributed by atoms with van der Waals surface area (Å²) < 4.78 is 29.9. The standard InChI is InChI=1S/C30H54N5O6P.Na/c1-2-3-4-5-6-7-8-9-10-11-12-13-14-15-16-17-19-39-20-18-21-41-42(37,38)26-40-27(23-36)22-35-25-34-28-29(31)32-24-33-30(28)35;/h9-10,24-25,27,36H,2-8,11-23,26H2,1H3,(H,37,38)(H2,31,32,33);/q;+1/p-1/b10-9-;/t27-;/m0./s1. The minimum atomic E-state index is -4.21. The first-order valence-electron chi connectivity index (χ1n) is 15.8. The Morgan fingerprint density at radius 1 is 0.930 bits per heavy atom. The number of nitrogen functional groups attached to an aromatic ring is 1. The summed E-state index contributed by atoms with van der Waals surface area (Å²) >= 11 is 0. The van der Waals surface area contributed by atoms with E-state index in [1.54, 1.807) is 4.57 Å². The molecule has 2 aromatic heterocycles. The SMILES string of the molecule is CCCCCCCC/C=C\CCCCCCCCOCCCOP(=O)([O-])CO[C@H](CO)Cn1cnc2c(N)ncnc21.[Na+]. The summed E-state index contributed by atoms with van der Waals surface area (Å²) in [4.78, 5) is 24.4. The number of nitrogens with two attached hydrogens (primary N) is 1. The third-order valence-corrected chi connectivity index (χ3v) is 8.06. The van der Waals surface area contributed by atoms with Crippen LogP contribution in [0.2, 0.25) is 0 Å². The van der Waals surface area contributed by atoms with Crippen LogP contribution in [0.15, 0.2) is 24.8 Å². The van der Waals surface area contributed by atoms with Crippen molar-refractivity contribution in [2.45, 2.75) is 116 Å². The summed E-state index contributed by atoms with van der Waals surface area (Å²) in [5, 5.41) is 9.64. The molecular weight excluding hydrogens is 580 g/mol. The summed E-state index contributed by atoms with van der Waals surface area (Å²) in [6.45, 7) is 3.18. The van der Waals surface area contributed by atoms with Gasteiger partial charge in [0.05, 0.1) is 32.2 Å². The van der Waals surface area contributed by atoms with Gasteiger partial charge in [-0.15, -0.1) is 0 Å². The van der Waals surface area contributed by atoms with Gasteiger partial charge in [0.25, 0.3) is 0 Å². The van der Waals surface area contributed by atoms with Crippen molar-refractivity contribution in [3.8, 4) is 0 Å². The molecule has 0 aliphatic rings. The number of aliphatic hydroxyl groups is 1. The van der Waals surface area contributed by atoms with Gasteiger partial charge >= 0.3 is 29.6 Å². The Hall–Kier alpha value is -0.880. The number of hydrogen-bond acceptors (Lipinski definition) is 10. The minimum absolute atomic E-state index is 0. The summed E-state index contributed by atoms with van der Waals surface area (Å²) in [5.41, 5.74) is 6.69. The van der Waals surface area contributed by atoms with Gasteiger partial charge in [-0.1, -0.05) is 76.9 Å². The van der Waals surface area contributed by atoms with Crippen LogP contribution < -0.4 is 40.2 Å². The van der Waals surface area contributed by atoms with Crippen LogP contribution in [-0.4, -0.2) is 63.5 Å². The van der Waals surface area contributed by atoms with E-state index >= 15 is 0 Å². The number of aliphatic hydroxyl groups excluding tert-OH is 1. The summed E-state index contributed by atoms with van der Waals surface area (Å²) in [6.07, 6.45) is 24.4. The minimum Gasteiger partial charge on any atom is -0.777 e. The second-order valence-electron chi connectivity index (χ2n) is 10.8. The van der Waals surface area contributed by atoms with Gasteiger partial charge in [-0.2, -0.15) is 0 Å². The molecule has 0 bridgehead atoms. The van der Waals surface area contributed by atoms with E-state index in [1.165, 1.54) is 89.7 Å². The predicted octanol–water partition coefficient (Wildman–Crippen LogP) is 2.76. The zero-order valence-electron chi connectivity index (χ0n) is 26.5. The van der Waals surface area contributed by atoms with Crippen LogP contribution >= 0.6 is 7.60 Å². The van der Waals surface area contributed by atoms with Crippen LogP contribution in [0.25, 0.3) is 11.2 Å². The number of anilines is 1. The van der Waals surface area contributed by atoms with E-state index in [0.717, 1.165) is 12.8 Å². The van der Waals surface area contributed by atoms with E-state index in [-0.39, 0.29) is 55.1 Å². The molecule has 0 saturated heterocycles. The summed E-state index contributed by atoms with van der Waals surface area (Å²) in [5.74, 6) is 0.240. The van der Waals surface area contributed by atoms with Crippen LogP contribution in [0.4, 0.5) is 5.82 Å². The summed E-state index contributed by atoms with van der Waals surface area (Å²) in [7, 11) is -4.21. The fourth-order valence-corrected chi connectivity index (χ4v) is 5.44. The average molecular weight is 634 g/mol. The Bertz CT molecular complexity index is 1040. The van der Waals surface area contributed by atoms with Crippen molar-refractivity contribution in [1.82, 2.24) is 19.5 Å². The van der Waals surface area contributed by atoms with Crippen LogP contribution in [0, 0.1) is 0 Å². The third kappa shape index (κ3) is 18.6. The van der Waals surface area contributed by atoms with Crippen LogP contribution in [-0.2, 0) is 25.1 Å². The van der Waals surface area contributed by atoms with E-state index in [0.29, 0.717) is 30.8 Å². The Kier molecular flexibility index (Phi) is 23.6. The first-order valence-corrected chi connectivity index (χ1v) is 17.5. The molecule has 11 nitrogen and oxygen atoms in total. The molecule has 2 atom stereocenters. The van der Waals surface area contributed by atoms with Crippen LogP contribution in [0.3, 0.4) is 0 Å². The van der Waals surface area contributed by atoms with Crippen molar-refractivity contribution in [1.29, 1.82) is 0 Å². The molecule has 13 heteroatoms. The van der Waals surface area contributed by atoms with Gasteiger partial charge in [0.2, 0.25) is 0 Å². The maximum atomic E-state index is 12.2. The maximum absolute atomic E-state index is 12.2. The molecule has 0 spiro atoms. The average Bonchev–Trinajstić information content (AvgIpc) is 3.40. The summed E-state index contributed by atoms with van der Waals surface area (Å²) in [6, 6.07) is 0. The largest absolute Gasteiger partial charge is 1.00 e. The van der Waals surface area contributed by atoms with Gasteiger partial charge in [0.1, 0.15) is 18.2 Å². The molecule has 2 heterocycles. The van der Waals surface area contributed by atoms with Crippen molar-refractivity contribution < 1.29 is 58.1 Å². The number of aromatic nitrogens is 4. The van der Waals surface area contributed by atoms with Crippen molar-refractivity contribution in [3.63, 3.8) is 0 Å². The number of imidazole rings is 1. The van der Waals surface area contributed by atoms with E-state index in [4.69, 9.17) is 19.7 Å². The monoisotopic (exact) mass is 633 g/mol. The number of allylic oxidation sites excluding steroid dienone is 2. The molecule has 240 valence electrons. The second-order valence-corrected chi connectivity index (χ2v) is 12.5. The van der Waals surface area contributed by atoms with Crippen molar-refractivity contribution in [2.75, 3.05) is 38.5 Å². The van der Waals surface area contributed by atoms with Gasteiger partial charge in [-0.25, -0.2) is 15.0 Å². The number of hydrogen-bond donors (Lipinski definition) is 2. The topological polar surface area (TPSA) is 158 Å². The first-order chi connectivity index (χ1) is 20.5. The molecule has 1 unspecified atom stereocenters. The van der Waals surface area contributed by atoms with Gasteiger partial charge in [0, 0.05) is 13.2 Å². The van der Waals surface area contributed by atoms with Gasteiger partial charge in [0.15, 0.2) is 19.1 Å². The van der Waals surface area contributed by atoms with Crippen LogP contribution in [0.1, 0.15) is 103 Å². The molecule has 2 aromatic rings. The number of unbranched alkanes of at least 4 members (excludes halogenated alkanes) is 12. The number of rotatable bonds is 27. The normalized spacial score (nSPS) is 13.8. The molecule has 0 aliphatic carbocycles. The Balaban J connectivity index is 0.00000924. The molecule has 0 saturated carbocycles. The number of fused-ring (bicyclic) bond motifs is 1. The van der Waals surface area contributed by atoms with Crippen molar-refractivity contribution in [2.24, 2.45) is 0 Å². The van der Waals surface area contributed by atoms with Gasteiger partial charge in [-0.05, 0) is 38.5 Å². The molecule has 0 aliphatic heterocycles. The Labute approximate surface area is 280 Å². The van der Waals surface area contributed by atoms with Crippen molar-refractivity contribution >= 4 is 24.6 Å². The molecular formula is C30H53N5NaO6P. The molecule has 0 fully saturated rings. The second kappa shape index (κ2) is 25.3. The van der Waals surface area contributed by atoms with E-state index in [9.17, 15) is 14.6 Å². The molecule has 2 rings (SSSR count). The predicted molar refractivity (Wildman–Crippen MR) is 165 cm³/mol. The molecule has 3 N–H and O–H groups in total. The Morgan fingerprint density at radius 3 is 2.23 bits per heavy atom. The third-order valence-electron chi connectivity index (χ3n) is 7.02. The Morgan fingerprint density at radius 2 is 1.56 bits per heavy atom. The van der Waals surface area contributed by atoms with Gasteiger partial charge < -0.3 is 38.9 Å². The zero-order chi connectivity index (χ0) is 30.3. The fraction of sp³-hybridized carbons (Fsp3) is 0.767. The van der Waals surface area contributed by atoms with E-state index in [2.05, 4.69) is 34.0 Å². The molecule has 43 heavy (non-hydrogen) atoms.